The van der Waals surface area contributed by atoms with Crippen LogP contribution in [0.1, 0.15) is 5.56 Å². The molecule has 0 aliphatic carbocycles. The molecule has 1 atom stereocenters. The summed E-state index contributed by atoms with van der Waals surface area (Å²) < 4.78 is 0. The number of hydrogen-bond donors (Lipinski definition) is 1. The molecule has 2 N–H and O–H groups in total. The summed E-state index contributed by atoms with van der Waals surface area (Å²) in [5, 5.41) is 0. The Morgan fingerprint density at radius 2 is 2.18 bits per heavy atom. The largest absolute Gasteiger partial charge is 0.368 e. The van der Waals surface area contributed by atoms with Gasteiger partial charge in [-0.15, -0.1) is 0 Å². The first-order valence-electron chi connectivity index (χ1n) is 5.77. The van der Waals surface area contributed by atoms with Gasteiger partial charge in [-0.3, -0.25) is 14.7 Å². The molecule has 2 rings (SSSR count). The third-order valence-corrected chi connectivity index (χ3v) is 3.16. The lowest BCUT2D eigenvalue weighted by atomic mass is 10.1. The third-order valence-electron chi connectivity index (χ3n) is 3.16. The van der Waals surface area contributed by atoms with Crippen LogP contribution >= 0.6 is 0 Å². The van der Waals surface area contributed by atoms with E-state index in [9.17, 15) is 4.79 Å². The zero-order valence-corrected chi connectivity index (χ0v) is 10.0. The van der Waals surface area contributed by atoms with E-state index >= 15 is 0 Å². The van der Waals surface area contributed by atoms with Crippen molar-refractivity contribution in [2.75, 3.05) is 26.7 Å². The number of carbonyl (C=O) groups excluding carboxylic acids is 1. The highest BCUT2D eigenvalue weighted by Gasteiger charge is 2.29. The number of pyridine rings is 1. The fourth-order valence-electron chi connectivity index (χ4n) is 2.14. The number of hydrogen-bond acceptors (Lipinski definition) is 4. The predicted octanol–water partition coefficient (Wildman–Crippen LogP) is -0.317. The van der Waals surface area contributed by atoms with E-state index in [0.717, 1.165) is 25.2 Å². The zero-order valence-electron chi connectivity index (χ0n) is 10.0. The smallest absolute Gasteiger partial charge is 0.236 e. The Morgan fingerprint density at radius 3 is 2.82 bits per heavy atom. The molecule has 1 amide bonds. The van der Waals surface area contributed by atoms with Gasteiger partial charge < -0.3 is 10.6 Å². The van der Waals surface area contributed by atoms with Crippen LogP contribution in [0, 0.1) is 0 Å². The molecule has 0 unspecified atom stereocenters. The molecule has 0 saturated carbocycles. The average molecular weight is 234 g/mol. The first-order valence-corrected chi connectivity index (χ1v) is 5.77. The van der Waals surface area contributed by atoms with Crippen LogP contribution in [-0.2, 0) is 11.3 Å². The molecular weight excluding hydrogens is 216 g/mol. The molecule has 0 aromatic carbocycles. The van der Waals surface area contributed by atoms with Crippen molar-refractivity contribution >= 4 is 5.91 Å². The molecule has 0 radical (unpaired) electrons. The van der Waals surface area contributed by atoms with Crippen molar-refractivity contribution in [3.63, 3.8) is 0 Å². The standard InChI is InChI=1S/C12H18N4O/c1-15-6-7-16(11(9-15)12(13)17)8-10-2-4-14-5-3-10/h2-5,11H,6-9H2,1H3,(H2,13,17)/t11-/m1/s1. The van der Waals surface area contributed by atoms with Gasteiger partial charge in [0.2, 0.25) is 5.91 Å². The Balaban J connectivity index is 2.06. The van der Waals surface area contributed by atoms with Crippen molar-refractivity contribution in [3.05, 3.63) is 30.1 Å². The molecule has 1 saturated heterocycles. The average Bonchev–Trinajstić information content (AvgIpc) is 2.32. The van der Waals surface area contributed by atoms with E-state index in [1.54, 1.807) is 12.4 Å². The van der Waals surface area contributed by atoms with Gasteiger partial charge in [0, 0.05) is 38.6 Å². The summed E-state index contributed by atoms with van der Waals surface area (Å²) in [6, 6.07) is 3.74. The van der Waals surface area contributed by atoms with Crippen LogP contribution in [0.15, 0.2) is 24.5 Å². The van der Waals surface area contributed by atoms with Gasteiger partial charge in [0.1, 0.15) is 6.04 Å². The van der Waals surface area contributed by atoms with Crippen molar-refractivity contribution in [1.82, 2.24) is 14.8 Å². The second-order valence-electron chi connectivity index (χ2n) is 4.51. The molecular formula is C12H18N4O. The number of nitrogens with two attached hydrogens (primary N) is 1. The van der Waals surface area contributed by atoms with Gasteiger partial charge in [0.15, 0.2) is 0 Å². The van der Waals surface area contributed by atoms with E-state index in [1.165, 1.54) is 0 Å². The topological polar surface area (TPSA) is 62.5 Å². The minimum atomic E-state index is -0.245. The van der Waals surface area contributed by atoms with Gasteiger partial charge >= 0.3 is 0 Å². The number of piperazine rings is 1. The summed E-state index contributed by atoms with van der Waals surface area (Å²) in [6.07, 6.45) is 3.54. The second-order valence-corrected chi connectivity index (χ2v) is 4.51. The summed E-state index contributed by atoms with van der Waals surface area (Å²) >= 11 is 0. The van der Waals surface area contributed by atoms with Crippen molar-refractivity contribution in [1.29, 1.82) is 0 Å². The molecule has 92 valence electrons. The minimum Gasteiger partial charge on any atom is -0.368 e. The van der Waals surface area contributed by atoms with Crippen LogP contribution in [0.4, 0.5) is 0 Å². The molecule has 1 fully saturated rings. The summed E-state index contributed by atoms with van der Waals surface area (Å²) in [5.74, 6) is -0.245. The third kappa shape index (κ3) is 3.01. The number of primary amides is 1. The summed E-state index contributed by atoms with van der Waals surface area (Å²) in [4.78, 5) is 19.7. The zero-order chi connectivity index (χ0) is 12.3. The van der Waals surface area contributed by atoms with E-state index < -0.39 is 0 Å². The van der Waals surface area contributed by atoms with Gasteiger partial charge in [0.05, 0.1) is 0 Å². The van der Waals surface area contributed by atoms with Gasteiger partial charge in [-0.25, -0.2) is 0 Å². The highest BCUT2D eigenvalue weighted by atomic mass is 16.1. The monoisotopic (exact) mass is 234 g/mol. The summed E-state index contributed by atoms with van der Waals surface area (Å²) in [7, 11) is 2.01. The lowest BCUT2D eigenvalue weighted by Crippen LogP contribution is -2.56. The van der Waals surface area contributed by atoms with Gasteiger partial charge in [-0.1, -0.05) is 0 Å². The van der Waals surface area contributed by atoms with Crippen LogP contribution in [0.5, 0.6) is 0 Å². The fraction of sp³-hybridized carbons (Fsp3) is 0.500. The van der Waals surface area contributed by atoms with E-state index in [0.29, 0.717) is 6.54 Å². The number of aromatic nitrogens is 1. The maximum absolute atomic E-state index is 11.4. The fourth-order valence-corrected chi connectivity index (χ4v) is 2.14. The van der Waals surface area contributed by atoms with E-state index in [-0.39, 0.29) is 11.9 Å². The number of amides is 1. The van der Waals surface area contributed by atoms with Crippen LogP contribution < -0.4 is 5.73 Å². The van der Waals surface area contributed by atoms with Gasteiger partial charge in [-0.2, -0.15) is 0 Å². The molecule has 2 heterocycles. The van der Waals surface area contributed by atoms with Crippen molar-refractivity contribution < 1.29 is 4.79 Å². The van der Waals surface area contributed by atoms with Gasteiger partial charge in [0.25, 0.3) is 0 Å². The second kappa shape index (κ2) is 5.25. The summed E-state index contributed by atoms with van der Waals surface area (Å²) in [6.45, 7) is 3.30. The van der Waals surface area contributed by atoms with Crippen LogP contribution in [0.25, 0.3) is 0 Å². The highest BCUT2D eigenvalue weighted by Crippen LogP contribution is 2.12. The lowest BCUT2D eigenvalue weighted by Gasteiger charge is -2.38. The Kier molecular flexibility index (Phi) is 3.71. The molecule has 1 aliphatic rings. The molecule has 1 aromatic heterocycles. The highest BCUT2D eigenvalue weighted by molar-refractivity contribution is 5.80. The first kappa shape index (κ1) is 12.0. The first-order chi connectivity index (χ1) is 8.16. The minimum absolute atomic E-state index is 0.193. The van der Waals surface area contributed by atoms with Crippen molar-refractivity contribution in [2.45, 2.75) is 12.6 Å². The normalized spacial score (nSPS) is 22.5. The molecule has 1 aromatic rings. The molecule has 0 spiro atoms. The lowest BCUT2D eigenvalue weighted by molar-refractivity contribution is -0.125. The molecule has 5 heteroatoms. The molecule has 1 aliphatic heterocycles. The van der Waals surface area contributed by atoms with Crippen LogP contribution in [0.2, 0.25) is 0 Å². The van der Waals surface area contributed by atoms with E-state index in [2.05, 4.69) is 14.8 Å². The van der Waals surface area contributed by atoms with Crippen LogP contribution in [0.3, 0.4) is 0 Å². The number of likely N-dealkylation sites (N-methyl/N-ethyl adjacent to an activating group) is 1. The maximum atomic E-state index is 11.4. The Bertz CT molecular complexity index is 381. The summed E-state index contributed by atoms with van der Waals surface area (Å²) in [5.41, 5.74) is 6.62. The molecule has 17 heavy (non-hydrogen) atoms. The number of carbonyl (C=O) groups is 1. The van der Waals surface area contributed by atoms with Gasteiger partial charge in [-0.05, 0) is 24.7 Å². The maximum Gasteiger partial charge on any atom is 0.236 e. The van der Waals surface area contributed by atoms with E-state index in [1.807, 2.05) is 19.2 Å². The van der Waals surface area contributed by atoms with E-state index in [4.69, 9.17) is 5.73 Å². The Hall–Kier alpha value is -1.46. The van der Waals surface area contributed by atoms with Crippen molar-refractivity contribution in [3.8, 4) is 0 Å². The van der Waals surface area contributed by atoms with Crippen LogP contribution in [-0.4, -0.2) is 53.4 Å². The quantitative estimate of drug-likeness (QED) is 0.779. The molecule has 5 nitrogen and oxygen atoms in total. The number of rotatable bonds is 3. The Labute approximate surface area is 101 Å². The number of nitrogens with zero attached hydrogens (tertiary/aromatic N) is 3. The SMILES string of the molecule is CN1CCN(Cc2ccncc2)[C@@H](C(N)=O)C1. The predicted molar refractivity (Wildman–Crippen MR) is 65.1 cm³/mol. The Morgan fingerprint density at radius 1 is 1.47 bits per heavy atom. The molecule has 0 bridgehead atoms. The van der Waals surface area contributed by atoms with Crippen molar-refractivity contribution in [2.24, 2.45) is 5.73 Å².